The molecule has 1 fully saturated rings. The Balaban J connectivity index is 2.21. The van der Waals surface area contributed by atoms with E-state index >= 15 is 4.39 Å². The maximum atomic E-state index is 15.2. The first-order valence-electron chi connectivity index (χ1n) is 7.82. The number of aromatic nitrogens is 3. The molecule has 0 saturated carbocycles. The van der Waals surface area contributed by atoms with Gasteiger partial charge in [0.25, 0.3) is 0 Å². The predicted octanol–water partition coefficient (Wildman–Crippen LogP) is 3.69. The fraction of sp³-hybridized carbons (Fsp3) is 0.588. The highest BCUT2D eigenvalue weighted by atomic mass is 19.1. The van der Waals surface area contributed by atoms with Crippen molar-refractivity contribution in [3.05, 3.63) is 35.0 Å². The molecule has 5 heteroatoms. The van der Waals surface area contributed by atoms with Crippen molar-refractivity contribution < 1.29 is 9.13 Å². The van der Waals surface area contributed by atoms with E-state index in [1.54, 1.807) is 0 Å². The van der Waals surface area contributed by atoms with Gasteiger partial charge in [0.2, 0.25) is 0 Å². The average Bonchev–Trinajstić information content (AvgIpc) is 3.09. The third-order valence-electron chi connectivity index (χ3n) is 4.28. The lowest BCUT2D eigenvalue weighted by molar-refractivity contribution is 0.183. The zero-order valence-electron chi connectivity index (χ0n) is 14.0. The number of ether oxygens (including phenoxy) is 1. The summed E-state index contributed by atoms with van der Waals surface area (Å²) in [7, 11) is 0. The van der Waals surface area contributed by atoms with Gasteiger partial charge in [-0.3, -0.25) is 9.25 Å². The fourth-order valence-corrected chi connectivity index (χ4v) is 3.20. The normalized spacial score (nSPS) is 19.1. The molecule has 1 aliphatic rings. The Labute approximate surface area is 130 Å². The van der Waals surface area contributed by atoms with Gasteiger partial charge in [0.15, 0.2) is 11.6 Å². The summed E-state index contributed by atoms with van der Waals surface area (Å²) < 4.78 is 24.4. The van der Waals surface area contributed by atoms with Crippen molar-refractivity contribution >= 4 is 0 Å². The van der Waals surface area contributed by atoms with E-state index < -0.39 is 0 Å². The summed E-state index contributed by atoms with van der Waals surface area (Å²) in [5.41, 5.74) is 2.33. The SMILES string of the molecule is Cc1ccc(C)n1-c1nn([C@@H]2CCOC2)c(C(C)(C)C)c1F. The minimum atomic E-state index is -0.313. The van der Waals surface area contributed by atoms with E-state index in [0.717, 1.165) is 17.8 Å². The van der Waals surface area contributed by atoms with Crippen LogP contribution in [-0.4, -0.2) is 27.6 Å². The van der Waals surface area contributed by atoms with Crippen LogP contribution in [0.5, 0.6) is 0 Å². The molecular weight excluding hydrogens is 281 g/mol. The van der Waals surface area contributed by atoms with Crippen LogP contribution in [0.3, 0.4) is 0 Å². The van der Waals surface area contributed by atoms with Gasteiger partial charge in [-0.15, -0.1) is 0 Å². The molecule has 3 rings (SSSR count). The highest BCUT2D eigenvalue weighted by Gasteiger charge is 2.33. The first kappa shape index (κ1) is 15.3. The third-order valence-corrected chi connectivity index (χ3v) is 4.28. The van der Waals surface area contributed by atoms with Gasteiger partial charge in [-0.2, -0.15) is 5.10 Å². The van der Waals surface area contributed by atoms with Crippen molar-refractivity contribution in [3.8, 4) is 5.82 Å². The number of rotatable bonds is 2. The lowest BCUT2D eigenvalue weighted by Gasteiger charge is -2.22. The molecule has 2 aromatic rings. The van der Waals surface area contributed by atoms with Crippen LogP contribution in [0.25, 0.3) is 5.82 Å². The van der Waals surface area contributed by atoms with Crippen LogP contribution in [0.2, 0.25) is 0 Å². The van der Waals surface area contributed by atoms with Crippen molar-refractivity contribution in [2.45, 2.75) is 52.5 Å². The maximum absolute atomic E-state index is 15.2. The second kappa shape index (κ2) is 5.23. The van der Waals surface area contributed by atoms with Crippen LogP contribution in [0.15, 0.2) is 12.1 Å². The predicted molar refractivity (Wildman–Crippen MR) is 84.2 cm³/mol. The van der Waals surface area contributed by atoms with Gasteiger partial charge in [-0.05, 0) is 32.4 Å². The molecular formula is C17H24FN3O. The van der Waals surface area contributed by atoms with Crippen LogP contribution in [-0.2, 0) is 10.2 Å². The Morgan fingerprint density at radius 1 is 1.23 bits per heavy atom. The lowest BCUT2D eigenvalue weighted by atomic mass is 9.91. The summed E-state index contributed by atoms with van der Waals surface area (Å²) in [5, 5.41) is 4.65. The number of aryl methyl sites for hydroxylation is 2. The molecule has 0 aromatic carbocycles. The third kappa shape index (κ3) is 2.37. The van der Waals surface area contributed by atoms with Gasteiger partial charge in [0, 0.05) is 23.4 Å². The molecule has 0 bridgehead atoms. The Morgan fingerprint density at radius 3 is 2.36 bits per heavy atom. The van der Waals surface area contributed by atoms with Crippen LogP contribution in [0, 0.1) is 19.7 Å². The molecule has 0 radical (unpaired) electrons. The Hall–Kier alpha value is -1.62. The Kier molecular flexibility index (Phi) is 3.63. The summed E-state index contributed by atoms with van der Waals surface area (Å²) in [6, 6.07) is 4.10. The summed E-state index contributed by atoms with van der Waals surface area (Å²) in [5.74, 6) is 0.179. The van der Waals surface area contributed by atoms with E-state index in [9.17, 15) is 0 Å². The number of nitrogens with zero attached hydrogens (tertiary/aromatic N) is 3. The Bertz CT molecular complexity index is 668. The van der Waals surface area contributed by atoms with E-state index in [-0.39, 0.29) is 17.3 Å². The molecule has 2 aromatic heterocycles. The van der Waals surface area contributed by atoms with Gasteiger partial charge in [-0.25, -0.2) is 4.39 Å². The highest BCUT2D eigenvalue weighted by Crippen LogP contribution is 2.33. The van der Waals surface area contributed by atoms with Crippen LogP contribution in [0.1, 0.15) is 50.3 Å². The van der Waals surface area contributed by atoms with Crippen LogP contribution >= 0.6 is 0 Å². The summed E-state index contributed by atoms with van der Waals surface area (Å²) in [6.45, 7) is 11.3. The lowest BCUT2D eigenvalue weighted by Crippen LogP contribution is -2.23. The van der Waals surface area contributed by atoms with Crippen molar-refractivity contribution in [2.24, 2.45) is 0 Å². The van der Waals surface area contributed by atoms with E-state index in [2.05, 4.69) is 5.10 Å². The summed E-state index contributed by atoms with van der Waals surface area (Å²) in [4.78, 5) is 0. The van der Waals surface area contributed by atoms with E-state index in [4.69, 9.17) is 4.74 Å². The average molecular weight is 305 g/mol. The second-order valence-corrected chi connectivity index (χ2v) is 7.15. The second-order valence-electron chi connectivity index (χ2n) is 7.15. The zero-order valence-corrected chi connectivity index (χ0v) is 14.0. The van der Waals surface area contributed by atoms with Crippen molar-refractivity contribution in [1.29, 1.82) is 0 Å². The highest BCUT2D eigenvalue weighted by molar-refractivity contribution is 5.37. The van der Waals surface area contributed by atoms with Gasteiger partial charge < -0.3 is 4.74 Å². The minimum absolute atomic E-state index is 0.119. The van der Waals surface area contributed by atoms with E-state index in [1.165, 1.54) is 0 Å². The van der Waals surface area contributed by atoms with Gasteiger partial charge in [0.1, 0.15) is 0 Å². The molecule has 1 saturated heterocycles. The molecule has 3 heterocycles. The number of hydrogen-bond donors (Lipinski definition) is 0. The largest absolute Gasteiger partial charge is 0.379 e. The molecule has 1 atom stereocenters. The molecule has 0 N–H and O–H groups in total. The molecule has 0 aliphatic carbocycles. The van der Waals surface area contributed by atoms with E-state index in [1.807, 2.05) is 56.0 Å². The minimum Gasteiger partial charge on any atom is -0.379 e. The molecule has 4 nitrogen and oxygen atoms in total. The Morgan fingerprint density at radius 2 is 1.86 bits per heavy atom. The molecule has 0 spiro atoms. The van der Waals surface area contributed by atoms with Gasteiger partial charge in [-0.1, -0.05) is 20.8 Å². The van der Waals surface area contributed by atoms with Gasteiger partial charge >= 0.3 is 0 Å². The standard InChI is InChI=1S/C17H24FN3O/c1-11-6-7-12(2)20(11)16-14(18)15(17(3,4)5)21(19-16)13-8-9-22-10-13/h6-7,13H,8-10H2,1-5H3/t13-/m1/s1. The topological polar surface area (TPSA) is 32.0 Å². The number of hydrogen-bond acceptors (Lipinski definition) is 2. The van der Waals surface area contributed by atoms with Crippen LogP contribution < -0.4 is 0 Å². The van der Waals surface area contributed by atoms with Crippen molar-refractivity contribution in [2.75, 3.05) is 13.2 Å². The van der Waals surface area contributed by atoms with Crippen LogP contribution in [0.4, 0.5) is 4.39 Å². The van der Waals surface area contributed by atoms with Crippen molar-refractivity contribution in [1.82, 2.24) is 14.3 Å². The molecule has 0 unspecified atom stereocenters. The van der Waals surface area contributed by atoms with Crippen molar-refractivity contribution in [3.63, 3.8) is 0 Å². The smallest absolute Gasteiger partial charge is 0.195 e. The summed E-state index contributed by atoms with van der Waals surface area (Å²) in [6.07, 6.45) is 0.882. The van der Waals surface area contributed by atoms with Gasteiger partial charge in [0.05, 0.1) is 18.3 Å². The monoisotopic (exact) mass is 305 g/mol. The molecule has 22 heavy (non-hydrogen) atoms. The first-order valence-corrected chi connectivity index (χ1v) is 7.82. The zero-order chi connectivity index (χ0) is 16.1. The number of halogens is 1. The van der Waals surface area contributed by atoms with E-state index in [0.29, 0.717) is 24.7 Å². The summed E-state index contributed by atoms with van der Waals surface area (Å²) >= 11 is 0. The molecule has 0 amide bonds. The molecule has 1 aliphatic heterocycles. The quantitative estimate of drug-likeness (QED) is 0.847. The fourth-order valence-electron chi connectivity index (χ4n) is 3.20. The first-order chi connectivity index (χ1) is 10.3. The molecule has 120 valence electrons. The maximum Gasteiger partial charge on any atom is 0.195 e.